The number of hydrogen-bond acceptors (Lipinski definition) is 50. The maximum absolute atomic E-state index is 13.5. The van der Waals surface area contributed by atoms with Crippen molar-refractivity contribution in [2.24, 2.45) is 0 Å². The minimum Gasteiger partial charge on any atom is -0.394 e. The minimum absolute atomic E-state index is 0.841. The average molecular weight is 1790 g/mol. The van der Waals surface area contributed by atoms with Gasteiger partial charge >= 0.3 is 0 Å². The van der Waals surface area contributed by atoms with Gasteiger partial charge in [0.2, 0.25) is 23.6 Å². The van der Waals surface area contributed by atoms with E-state index in [2.05, 4.69) is 21.3 Å². The molecule has 31 N–H and O–H groups in total. The number of hydrogen-bond donors (Lipinski definition) is 31. The van der Waals surface area contributed by atoms with E-state index in [0.717, 1.165) is 27.7 Å². The van der Waals surface area contributed by atoms with Crippen molar-refractivity contribution in [1.29, 1.82) is 0 Å². The molecule has 54 nitrogen and oxygen atoms in total. The molecule has 10 aliphatic rings. The molecule has 10 rings (SSSR count). The second kappa shape index (κ2) is 43.6. The van der Waals surface area contributed by atoms with Crippen LogP contribution in [0.2, 0.25) is 0 Å². The predicted octanol–water partition coefficient (Wildman–Crippen LogP) is -21.2. The number of carbonyl (C=O) groups is 4. The van der Waals surface area contributed by atoms with E-state index in [1.807, 2.05) is 0 Å². The summed E-state index contributed by atoms with van der Waals surface area (Å²) in [5, 5.41) is 311. The Bertz CT molecular complexity index is 3290. The summed E-state index contributed by atoms with van der Waals surface area (Å²) < 4.78 is 113. The lowest BCUT2D eigenvalue weighted by Crippen LogP contribution is -2.71. The predicted molar refractivity (Wildman–Crippen MR) is 375 cm³/mol. The highest BCUT2D eigenvalue weighted by Gasteiger charge is 2.62. The quantitative estimate of drug-likeness (QED) is 0.0306. The molecule has 0 radical (unpaired) electrons. The molecular formula is C68H114N4O50. The van der Waals surface area contributed by atoms with Crippen LogP contribution in [0.4, 0.5) is 0 Å². The number of carbonyl (C=O) groups excluding carboxylic acids is 4. The number of aliphatic hydroxyl groups is 27. The first-order valence-electron chi connectivity index (χ1n) is 39.0. The topological polar surface area (TPSA) is 838 Å². The monoisotopic (exact) mass is 1790 g/mol. The highest BCUT2D eigenvalue weighted by atomic mass is 16.8. The molecule has 122 heavy (non-hydrogen) atoms. The van der Waals surface area contributed by atoms with Gasteiger partial charge in [-0.25, -0.2) is 0 Å². The summed E-state index contributed by atoms with van der Waals surface area (Å²) in [6.45, 7) is -5.22. The fourth-order valence-corrected chi connectivity index (χ4v) is 15.9. The van der Waals surface area contributed by atoms with E-state index in [4.69, 9.17) is 90.0 Å². The smallest absolute Gasteiger partial charge is 0.217 e. The van der Waals surface area contributed by atoms with Crippen LogP contribution in [0.1, 0.15) is 34.6 Å². The summed E-state index contributed by atoms with van der Waals surface area (Å²) in [4.78, 5) is 52.7. The van der Waals surface area contributed by atoms with Gasteiger partial charge in [-0.2, -0.15) is 0 Å². The molecule has 0 saturated carbocycles. The van der Waals surface area contributed by atoms with Crippen molar-refractivity contribution < 1.29 is 247 Å². The van der Waals surface area contributed by atoms with E-state index in [1.54, 1.807) is 0 Å². The number of nitrogens with one attached hydrogen (secondary N) is 4. The molecule has 54 heteroatoms. The zero-order valence-electron chi connectivity index (χ0n) is 65.7. The number of ether oxygens (including phenoxy) is 19. The molecule has 10 aliphatic heterocycles. The standard InChI is InChI=1S/C68H114N4O50/c1-15-33(85)43(95)47(99)64(105-15)122-58-44(96)35(87)21(7-74)113-68(58)118-52-30(70-17(3)82)60(107-22(8-75)36(52)88)104-14-28-41(93)57(121-63-31(71-18(4)83)53(37(89)23(9-76)110-63)116-66-49(101)55(39(91)26(12-79)112-66)119-61-29(69-16(2)81)42(94)34(86)20(6-73)108-61)50(102)67(114-28)117-54-32(72-19(5)84)62(109-24(10-77)38(54)90)120-56-40(92)25(11-78)111-65(48(56)100)115-51-27(13-80)106-59(103)46(98)45(51)97/h15,20-68,73-80,85-103H,6-14H2,1-5H3,(H,69,81)(H,70,82)(H,71,83)(H,72,84)/t15-,20+,21+,22+,23+,24+,25+,26+,27+,28+,29+,30+,31+,32+,33+,34-,35-,36+,37+,38+,39-,40-,41-,42+,43+,44-,45+,46+,47-,48+,49+,50+,51+,52+,53+,54+,55-,56-,57-,58+,59+,60+,61+,62-,63-,64-,65-,66-,67-,68-/m0/s1. The summed E-state index contributed by atoms with van der Waals surface area (Å²) in [6, 6.07) is -7.89. The van der Waals surface area contributed by atoms with E-state index >= 15 is 0 Å². The van der Waals surface area contributed by atoms with Gasteiger partial charge in [0, 0.05) is 27.7 Å². The van der Waals surface area contributed by atoms with Crippen LogP contribution in [0.5, 0.6) is 0 Å². The molecule has 0 bridgehead atoms. The highest BCUT2D eigenvalue weighted by Crippen LogP contribution is 2.41. The molecule has 0 aromatic carbocycles. The molecule has 0 aromatic rings. The van der Waals surface area contributed by atoms with Crippen LogP contribution in [0, 0.1) is 0 Å². The Balaban J connectivity index is 1.01. The summed E-state index contributed by atoms with van der Waals surface area (Å²) in [5.41, 5.74) is 0. The maximum atomic E-state index is 13.5. The summed E-state index contributed by atoms with van der Waals surface area (Å²) in [5.74, 6) is -3.93. The van der Waals surface area contributed by atoms with Gasteiger partial charge in [0.25, 0.3) is 0 Å². The zero-order chi connectivity index (χ0) is 89.8. The van der Waals surface area contributed by atoms with Crippen LogP contribution in [0.15, 0.2) is 0 Å². The molecular weight excluding hydrogens is 1670 g/mol. The molecule has 10 saturated heterocycles. The first-order chi connectivity index (χ1) is 57.7. The van der Waals surface area contributed by atoms with Gasteiger partial charge in [-0.3, -0.25) is 19.2 Å². The molecule has 0 aromatic heterocycles. The van der Waals surface area contributed by atoms with Crippen molar-refractivity contribution in [2.45, 2.75) is 341 Å². The van der Waals surface area contributed by atoms with Crippen molar-refractivity contribution in [3.8, 4) is 0 Å². The summed E-state index contributed by atoms with van der Waals surface area (Å²) in [7, 11) is 0. The fraction of sp³-hybridized carbons (Fsp3) is 0.941. The first-order valence-corrected chi connectivity index (χ1v) is 39.0. The second-order valence-corrected chi connectivity index (χ2v) is 31.0. The Hall–Kier alpha value is -3.96. The van der Waals surface area contributed by atoms with E-state index in [9.17, 15) is 157 Å². The average Bonchev–Trinajstić information content (AvgIpc) is 0.773. The van der Waals surface area contributed by atoms with Crippen LogP contribution >= 0.6 is 0 Å². The van der Waals surface area contributed by atoms with Crippen molar-refractivity contribution in [3.05, 3.63) is 0 Å². The Morgan fingerprint density at radius 3 is 0.893 bits per heavy atom. The zero-order valence-corrected chi connectivity index (χ0v) is 65.7. The minimum atomic E-state index is -2.64. The van der Waals surface area contributed by atoms with Crippen molar-refractivity contribution in [2.75, 3.05) is 59.5 Å². The molecule has 0 aliphatic carbocycles. The molecule has 0 spiro atoms. The van der Waals surface area contributed by atoms with E-state index in [1.165, 1.54) is 6.92 Å². The Morgan fingerprint density at radius 2 is 0.500 bits per heavy atom. The van der Waals surface area contributed by atoms with E-state index in [-0.39, 0.29) is 0 Å². The lowest BCUT2D eigenvalue weighted by molar-refractivity contribution is -0.390. The van der Waals surface area contributed by atoms with Crippen LogP contribution in [0.25, 0.3) is 0 Å². The van der Waals surface area contributed by atoms with Gasteiger partial charge in [-0.1, -0.05) is 0 Å². The Morgan fingerprint density at radius 1 is 0.230 bits per heavy atom. The molecule has 10 fully saturated rings. The Labute approximate surface area is 691 Å². The largest absolute Gasteiger partial charge is 0.394 e. The van der Waals surface area contributed by atoms with Gasteiger partial charge in [-0.15, -0.1) is 0 Å². The third-order valence-corrected chi connectivity index (χ3v) is 22.4. The van der Waals surface area contributed by atoms with Gasteiger partial charge in [0.05, 0.1) is 65.6 Å². The van der Waals surface area contributed by atoms with Crippen molar-refractivity contribution in [1.82, 2.24) is 21.3 Å². The first kappa shape index (κ1) is 100. The third kappa shape index (κ3) is 21.9. The third-order valence-electron chi connectivity index (χ3n) is 22.4. The number of aliphatic hydroxyl groups excluding tert-OH is 27. The van der Waals surface area contributed by atoms with Crippen molar-refractivity contribution >= 4 is 23.6 Å². The fourth-order valence-electron chi connectivity index (χ4n) is 15.9. The maximum Gasteiger partial charge on any atom is 0.217 e. The van der Waals surface area contributed by atoms with Crippen molar-refractivity contribution in [3.63, 3.8) is 0 Å². The molecule has 706 valence electrons. The van der Waals surface area contributed by atoms with E-state index in [0.29, 0.717) is 0 Å². The molecule has 4 amide bonds. The van der Waals surface area contributed by atoms with Crippen LogP contribution < -0.4 is 21.3 Å². The highest BCUT2D eigenvalue weighted by molar-refractivity contribution is 5.74. The van der Waals surface area contributed by atoms with Gasteiger partial charge in [0.15, 0.2) is 62.9 Å². The summed E-state index contributed by atoms with van der Waals surface area (Å²) >= 11 is 0. The van der Waals surface area contributed by atoms with Crippen LogP contribution in [0.3, 0.4) is 0 Å². The second-order valence-electron chi connectivity index (χ2n) is 31.0. The SMILES string of the molecule is CC(=O)N[C@H]1[C@@H](O[C@H]2[C@@H](O)[C@@H](CO)O[C@@H](O[C@H]3[C@H](O)[C@@H](CO)O[C@@H](O[C@H]4[C@@H](O)[C@@H](CO[C@@H]5O[C@H](CO)[C@@H](O)[C@H](O[C@@H]6O[C@H](CO)[C@H](O)[C@H](O)[C@H]6O[C@@H]6O[C@@H](C)[C@@H](O)[C@@H](O)[C@@H]6O)[C@H]5NC(C)=O)O[C@@H](O[C@H]5[C@H](O)[C@@H](CO)O[C@@H](O[C@H]6[C@@H](O)[C@@H](CO)O[C@@H](O[C@H]7[C@H](O)[C@@H](O)[C@H](O)O[C@@H]7CO)[C@@H]6O)[C@@H]5NC(C)=O)[C@@H]4O)[C@@H]3NC(C)=O)[C@@H]2O)O[C@H](CO)[C@H](O)[C@@H]1O. The van der Waals surface area contributed by atoms with Gasteiger partial charge in [0.1, 0.15) is 238 Å². The molecule has 0 unspecified atom stereocenters. The van der Waals surface area contributed by atoms with Gasteiger partial charge in [-0.05, 0) is 6.92 Å². The van der Waals surface area contributed by atoms with Crippen LogP contribution in [-0.2, 0) is 109 Å². The lowest BCUT2D eigenvalue weighted by atomic mass is 9.93. The van der Waals surface area contributed by atoms with Crippen LogP contribution in [-0.4, -0.2) is 528 Å². The molecule has 50 atom stereocenters. The number of amides is 4. The number of rotatable bonds is 31. The lowest BCUT2D eigenvalue weighted by Gasteiger charge is -2.51. The Kier molecular flexibility index (Phi) is 35.8. The normalized spacial score (nSPS) is 49.7. The summed E-state index contributed by atoms with van der Waals surface area (Å²) in [6.07, 6.45) is -96.4. The van der Waals surface area contributed by atoms with Gasteiger partial charge < -0.3 is 249 Å². The molecule has 10 heterocycles. The van der Waals surface area contributed by atoms with E-state index < -0.39 is 390 Å².